The van der Waals surface area contributed by atoms with Gasteiger partial charge in [-0.05, 0) is 30.0 Å². The molecule has 0 aliphatic rings. The molecule has 4 rings (SSSR count). The molecule has 0 saturated heterocycles. The van der Waals surface area contributed by atoms with Crippen LogP contribution >= 0.6 is 22.7 Å². The van der Waals surface area contributed by atoms with Gasteiger partial charge < -0.3 is 16.4 Å². The molecule has 0 radical (unpaired) electrons. The SMILES string of the molecule is Nc1c(NCCc2cccs2)ncnc1Nc1nc2ccccc2s1. The second kappa shape index (κ2) is 7.04. The van der Waals surface area contributed by atoms with Crippen molar-refractivity contribution in [3.8, 4) is 0 Å². The van der Waals surface area contributed by atoms with E-state index >= 15 is 0 Å². The smallest absolute Gasteiger partial charge is 0.189 e. The predicted octanol–water partition coefficient (Wildman–Crippen LogP) is 4.13. The van der Waals surface area contributed by atoms with E-state index in [2.05, 4.69) is 43.1 Å². The van der Waals surface area contributed by atoms with Crippen LogP contribution in [0.1, 0.15) is 4.88 Å². The summed E-state index contributed by atoms with van der Waals surface area (Å²) < 4.78 is 1.12. The molecule has 0 fully saturated rings. The highest BCUT2D eigenvalue weighted by Gasteiger charge is 2.10. The molecule has 0 spiro atoms. The van der Waals surface area contributed by atoms with E-state index in [-0.39, 0.29) is 0 Å². The minimum Gasteiger partial charge on any atom is -0.393 e. The van der Waals surface area contributed by atoms with Crippen molar-refractivity contribution < 1.29 is 0 Å². The minimum absolute atomic E-state index is 0.493. The van der Waals surface area contributed by atoms with Crippen LogP contribution in [0.3, 0.4) is 0 Å². The van der Waals surface area contributed by atoms with Crippen LogP contribution in [0, 0.1) is 0 Å². The largest absolute Gasteiger partial charge is 0.393 e. The molecule has 3 aromatic heterocycles. The Morgan fingerprint density at radius 2 is 1.92 bits per heavy atom. The summed E-state index contributed by atoms with van der Waals surface area (Å²) in [6.07, 6.45) is 2.43. The first kappa shape index (κ1) is 15.8. The summed E-state index contributed by atoms with van der Waals surface area (Å²) >= 11 is 3.31. The van der Waals surface area contributed by atoms with E-state index in [1.165, 1.54) is 11.2 Å². The molecule has 4 N–H and O–H groups in total. The maximum Gasteiger partial charge on any atom is 0.189 e. The minimum atomic E-state index is 0.493. The molecule has 0 aliphatic heterocycles. The summed E-state index contributed by atoms with van der Waals surface area (Å²) in [6, 6.07) is 12.2. The van der Waals surface area contributed by atoms with Gasteiger partial charge in [-0.15, -0.1) is 11.3 Å². The first-order valence-corrected chi connectivity index (χ1v) is 9.48. The number of nitrogens with zero attached hydrogens (tertiary/aromatic N) is 3. The highest BCUT2D eigenvalue weighted by molar-refractivity contribution is 7.22. The van der Waals surface area contributed by atoms with Crippen LogP contribution in [0.2, 0.25) is 0 Å². The van der Waals surface area contributed by atoms with E-state index in [4.69, 9.17) is 5.73 Å². The van der Waals surface area contributed by atoms with Crippen molar-refractivity contribution in [2.24, 2.45) is 0 Å². The zero-order valence-electron chi connectivity index (χ0n) is 13.3. The molecule has 25 heavy (non-hydrogen) atoms. The number of fused-ring (bicyclic) bond motifs is 1. The van der Waals surface area contributed by atoms with Crippen LogP contribution in [0.4, 0.5) is 22.5 Å². The number of aromatic nitrogens is 3. The number of rotatable bonds is 6. The Bertz CT molecular complexity index is 947. The molecular formula is C17H16N6S2. The molecular weight excluding hydrogens is 352 g/mol. The van der Waals surface area contributed by atoms with Crippen LogP contribution in [-0.4, -0.2) is 21.5 Å². The lowest BCUT2D eigenvalue weighted by atomic mass is 10.3. The lowest BCUT2D eigenvalue weighted by molar-refractivity contribution is 1.02. The molecule has 3 heterocycles. The monoisotopic (exact) mass is 368 g/mol. The summed E-state index contributed by atoms with van der Waals surface area (Å²) in [5.41, 5.74) is 7.66. The second-order valence-electron chi connectivity index (χ2n) is 5.35. The summed E-state index contributed by atoms with van der Waals surface area (Å²) in [4.78, 5) is 14.4. The van der Waals surface area contributed by atoms with Gasteiger partial charge in [0, 0.05) is 11.4 Å². The van der Waals surface area contributed by atoms with E-state index < -0.39 is 0 Å². The topological polar surface area (TPSA) is 88.8 Å². The van der Waals surface area contributed by atoms with E-state index in [1.54, 1.807) is 22.7 Å². The highest BCUT2D eigenvalue weighted by atomic mass is 32.1. The molecule has 8 heteroatoms. The number of thiophene rings is 1. The molecule has 0 atom stereocenters. The number of thiazole rings is 1. The van der Waals surface area contributed by atoms with Crippen molar-refractivity contribution >= 4 is 55.3 Å². The van der Waals surface area contributed by atoms with Crippen LogP contribution in [-0.2, 0) is 6.42 Å². The second-order valence-corrected chi connectivity index (χ2v) is 7.42. The summed E-state index contributed by atoms with van der Waals surface area (Å²) in [6.45, 7) is 0.766. The third-order valence-corrected chi connectivity index (χ3v) is 5.54. The number of benzene rings is 1. The fourth-order valence-electron chi connectivity index (χ4n) is 2.42. The normalized spacial score (nSPS) is 10.9. The predicted molar refractivity (Wildman–Crippen MR) is 106 cm³/mol. The van der Waals surface area contributed by atoms with Crippen molar-refractivity contribution in [1.82, 2.24) is 15.0 Å². The number of anilines is 4. The molecule has 0 amide bonds. The fraction of sp³-hybridized carbons (Fsp3) is 0.118. The van der Waals surface area contributed by atoms with E-state index in [9.17, 15) is 0 Å². The number of nitrogen functional groups attached to an aromatic ring is 1. The standard InChI is InChI=1S/C17H16N6S2/c18-14-15(19-8-7-11-4-3-9-24-11)20-10-21-16(14)23-17-22-12-5-1-2-6-13(12)25-17/h1-6,9-10H,7-8,18H2,(H2,19,20,21,22,23). The number of nitrogens with two attached hydrogens (primary N) is 1. The fourth-order valence-corrected chi connectivity index (χ4v) is 4.00. The first-order valence-electron chi connectivity index (χ1n) is 7.79. The highest BCUT2D eigenvalue weighted by Crippen LogP contribution is 2.30. The zero-order chi connectivity index (χ0) is 17.1. The third kappa shape index (κ3) is 3.54. The van der Waals surface area contributed by atoms with Crippen molar-refractivity contribution in [2.75, 3.05) is 22.9 Å². The Morgan fingerprint density at radius 1 is 1.04 bits per heavy atom. The summed E-state index contributed by atoms with van der Waals surface area (Å²) in [7, 11) is 0. The van der Waals surface area contributed by atoms with E-state index in [0.29, 0.717) is 17.3 Å². The third-order valence-electron chi connectivity index (χ3n) is 3.65. The van der Waals surface area contributed by atoms with Crippen molar-refractivity contribution in [1.29, 1.82) is 0 Å². The number of hydrogen-bond acceptors (Lipinski definition) is 8. The molecule has 0 aliphatic carbocycles. The van der Waals surface area contributed by atoms with Gasteiger partial charge in [-0.1, -0.05) is 29.5 Å². The molecule has 4 aromatic rings. The van der Waals surface area contributed by atoms with Gasteiger partial charge in [-0.2, -0.15) is 0 Å². The average Bonchev–Trinajstić information content (AvgIpc) is 3.27. The lowest BCUT2D eigenvalue weighted by Gasteiger charge is -2.10. The Hall–Kier alpha value is -2.71. The Balaban J connectivity index is 1.48. The Morgan fingerprint density at radius 3 is 2.76 bits per heavy atom. The first-order chi connectivity index (χ1) is 12.3. The Kier molecular flexibility index (Phi) is 4.45. The molecule has 1 aromatic carbocycles. The van der Waals surface area contributed by atoms with Crippen molar-refractivity contribution in [3.05, 3.63) is 53.0 Å². The van der Waals surface area contributed by atoms with Gasteiger partial charge in [-0.25, -0.2) is 15.0 Å². The number of nitrogens with one attached hydrogen (secondary N) is 2. The summed E-state index contributed by atoms with van der Waals surface area (Å²) in [5, 5.41) is 9.31. The van der Waals surface area contributed by atoms with Gasteiger partial charge in [0.15, 0.2) is 16.8 Å². The average molecular weight is 368 g/mol. The molecule has 0 saturated carbocycles. The van der Waals surface area contributed by atoms with Crippen molar-refractivity contribution in [3.63, 3.8) is 0 Å². The van der Waals surface area contributed by atoms with Crippen LogP contribution in [0.5, 0.6) is 0 Å². The Labute approximate surface area is 152 Å². The van der Waals surface area contributed by atoms with Crippen LogP contribution in [0.15, 0.2) is 48.1 Å². The van der Waals surface area contributed by atoms with Gasteiger partial charge >= 0.3 is 0 Å². The maximum absolute atomic E-state index is 6.21. The van der Waals surface area contributed by atoms with Gasteiger partial charge in [0.05, 0.1) is 10.2 Å². The number of para-hydroxylation sites is 1. The zero-order valence-corrected chi connectivity index (χ0v) is 14.9. The molecule has 126 valence electrons. The molecule has 0 unspecified atom stereocenters. The van der Waals surface area contributed by atoms with E-state index in [1.807, 2.05) is 24.3 Å². The molecule has 6 nitrogen and oxygen atoms in total. The van der Waals surface area contributed by atoms with E-state index in [0.717, 1.165) is 28.3 Å². The van der Waals surface area contributed by atoms with Gasteiger partial charge in [0.25, 0.3) is 0 Å². The van der Waals surface area contributed by atoms with Gasteiger partial charge in [0.1, 0.15) is 12.0 Å². The lowest BCUT2D eigenvalue weighted by Crippen LogP contribution is -2.10. The van der Waals surface area contributed by atoms with Crippen LogP contribution < -0.4 is 16.4 Å². The number of hydrogen-bond donors (Lipinski definition) is 3. The van der Waals surface area contributed by atoms with Crippen molar-refractivity contribution in [2.45, 2.75) is 6.42 Å². The van der Waals surface area contributed by atoms with Gasteiger partial charge in [0.2, 0.25) is 0 Å². The summed E-state index contributed by atoms with van der Waals surface area (Å²) in [5.74, 6) is 1.20. The quantitative estimate of drug-likeness (QED) is 0.474. The maximum atomic E-state index is 6.21. The van der Waals surface area contributed by atoms with Crippen LogP contribution in [0.25, 0.3) is 10.2 Å². The van der Waals surface area contributed by atoms with Gasteiger partial charge in [-0.3, -0.25) is 0 Å². The molecule has 0 bridgehead atoms.